The van der Waals surface area contributed by atoms with Crippen molar-refractivity contribution in [3.8, 4) is 11.1 Å². The van der Waals surface area contributed by atoms with Gasteiger partial charge in [0.1, 0.15) is 6.20 Å². The molecule has 0 fully saturated rings. The van der Waals surface area contributed by atoms with Gasteiger partial charge in [-0.1, -0.05) is 6.92 Å². The average molecular weight is 229 g/mol. The zero-order valence-electron chi connectivity index (χ0n) is 9.33. The summed E-state index contributed by atoms with van der Waals surface area (Å²) >= 11 is 0. The van der Waals surface area contributed by atoms with Crippen LogP contribution < -0.4 is 0 Å². The van der Waals surface area contributed by atoms with E-state index in [0.29, 0.717) is 0 Å². The molecule has 2 heterocycles. The Hall–Kier alpha value is -2.30. The molecule has 2 aromatic rings. The number of nitro groups is 1. The Kier molecular flexibility index (Phi) is 3.09. The molecule has 0 unspecified atom stereocenters. The van der Waals surface area contributed by atoms with E-state index in [1.165, 1.54) is 12.3 Å². The molecule has 0 amide bonds. The second kappa shape index (κ2) is 4.69. The average Bonchev–Trinajstić information content (AvgIpc) is 2.39. The van der Waals surface area contributed by atoms with Gasteiger partial charge in [0, 0.05) is 23.5 Å². The fourth-order valence-corrected chi connectivity index (χ4v) is 1.52. The highest BCUT2D eigenvalue weighted by Crippen LogP contribution is 2.20. The third-order valence-corrected chi connectivity index (χ3v) is 2.45. The van der Waals surface area contributed by atoms with Crippen molar-refractivity contribution in [1.29, 1.82) is 0 Å². The summed E-state index contributed by atoms with van der Waals surface area (Å²) in [5, 5.41) is 10.5. The Morgan fingerprint density at radius 1 is 1.24 bits per heavy atom. The van der Waals surface area contributed by atoms with E-state index < -0.39 is 4.92 Å². The zero-order chi connectivity index (χ0) is 12.3. The van der Waals surface area contributed by atoms with Gasteiger partial charge in [-0.3, -0.25) is 4.98 Å². The summed E-state index contributed by atoms with van der Waals surface area (Å²) in [5.41, 5.74) is 2.81. The maximum atomic E-state index is 10.5. The highest BCUT2D eigenvalue weighted by Gasteiger charge is 2.07. The molecular formula is C12H11N3O2. The zero-order valence-corrected chi connectivity index (χ0v) is 9.33. The van der Waals surface area contributed by atoms with Crippen molar-refractivity contribution in [3.05, 3.63) is 52.5 Å². The molecule has 5 nitrogen and oxygen atoms in total. The molecule has 0 radical (unpaired) electrons. The summed E-state index contributed by atoms with van der Waals surface area (Å²) in [6.45, 7) is 2.03. The molecule has 0 bridgehead atoms. The van der Waals surface area contributed by atoms with Gasteiger partial charge >= 0.3 is 5.82 Å². The van der Waals surface area contributed by atoms with Crippen LogP contribution in [0.4, 0.5) is 5.82 Å². The summed E-state index contributed by atoms with van der Waals surface area (Å²) in [5.74, 6) is -0.140. The van der Waals surface area contributed by atoms with Crippen LogP contribution in [0.2, 0.25) is 0 Å². The van der Waals surface area contributed by atoms with Gasteiger partial charge in [0.25, 0.3) is 0 Å². The lowest BCUT2D eigenvalue weighted by atomic mass is 10.1. The number of pyridine rings is 2. The van der Waals surface area contributed by atoms with Gasteiger partial charge < -0.3 is 10.1 Å². The van der Waals surface area contributed by atoms with Crippen molar-refractivity contribution in [2.75, 3.05) is 0 Å². The van der Waals surface area contributed by atoms with Crippen LogP contribution in [0.25, 0.3) is 11.1 Å². The first-order valence-electron chi connectivity index (χ1n) is 5.26. The summed E-state index contributed by atoms with van der Waals surface area (Å²) < 4.78 is 0. The van der Waals surface area contributed by atoms with Crippen molar-refractivity contribution in [3.63, 3.8) is 0 Å². The molecule has 0 spiro atoms. The molecule has 5 heteroatoms. The van der Waals surface area contributed by atoms with E-state index >= 15 is 0 Å². The van der Waals surface area contributed by atoms with Crippen LogP contribution in [0.1, 0.15) is 12.6 Å². The summed E-state index contributed by atoms with van der Waals surface area (Å²) in [6, 6.07) is 6.92. The number of aromatic nitrogens is 2. The molecule has 0 aromatic carbocycles. The Labute approximate surface area is 98.3 Å². The monoisotopic (exact) mass is 229 g/mol. The third-order valence-electron chi connectivity index (χ3n) is 2.45. The summed E-state index contributed by atoms with van der Waals surface area (Å²) in [6.07, 6.45) is 4.09. The van der Waals surface area contributed by atoms with Gasteiger partial charge in [0.05, 0.1) is 0 Å². The van der Waals surface area contributed by atoms with Gasteiger partial charge in [0.15, 0.2) is 0 Å². The predicted octanol–water partition coefficient (Wildman–Crippen LogP) is 2.61. The van der Waals surface area contributed by atoms with Crippen LogP contribution in [0.5, 0.6) is 0 Å². The molecule has 0 aliphatic carbocycles. The number of rotatable bonds is 3. The van der Waals surface area contributed by atoms with E-state index in [1.807, 2.05) is 19.1 Å². The second-order valence-corrected chi connectivity index (χ2v) is 3.55. The van der Waals surface area contributed by atoms with Crippen LogP contribution >= 0.6 is 0 Å². The van der Waals surface area contributed by atoms with Crippen molar-refractivity contribution in [1.82, 2.24) is 9.97 Å². The smallest absolute Gasteiger partial charge is 0.358 e. The predicted molar refractivity (Wildman–Crippen MR) is 63.5 cm³/mol. The molecule has 0 saturated heterocycles. The molecule has 0 aliphatic heterocycles. The van der Waals surface area contributed by atoms with Crippen LogP contribution in [0.15, 0.2) is 36.7 Å². The van der Waals surface area contributed by atoms with E-state index in [4.69, 9.17) is 0 Å². The first-order valence-corrected chi connectivity index (χ1v) is 5.26. The Bertz CT molecular complexity index is 538. The van der Waals surface area contributed by atoms with E-state index in [9.17, 15) is 10.1 Å². The quantitative estimate of drug-likeness (QED) is 0.599. The molecule has 0 saturated carbocycles. The van der Waals surface area contributed by atoms with Crippen LogP contribution in [-0.4, -0.2) is 14.9 Å². The molecule has 0 N–H and O–H groups in total. The first-order chi connectivity index (χ1) is 8.20. The number of hydrogen-bond donors (Lipinski definition) is 0. The highest BCUT2D eigenvalue weighted by atomic mass is 16.6. The Balaban J connectivity index is 2.36. The SMILES string of the molecule is CCc1cc(-c2ccc([N+](=O)[O-])nc2)ccn1. The van der Waals surface area contributed by atoms with Crippen LogP contribution in [-0.2, 0) is 6.42 Å². The molecule has 0 atom stereocenters. The van der Waals surface area contributed by atoms with Gasteiger partial charge in [0.2, 0.25) is 0 Å². The van der Waals surface area contributed by atoms with Crippen molar-refractivity contribution < 1.29 is 4.92 Å². The molecule has 0 aliphatic rings. The van der Waals surface area contributed by atoms with Crippen molar-refractivity contribution in [2.45, 2.75) is 13.3 Å². The largest absolute Gasteiger partial charge is 0.363 e. The van der Waals surface area contributed by atoms with Gasteiger partial charge in [-0.25, -0.2) is 0 Å². The lowest BCUT2D eigenvalue weighted by molar-refractivity contribution is -0.389. The summed E-state index contributed by atoms with van der Waals surface area (Å²) in [4.78, 5) is 18.0. The number of hydrogen-bond acceptors (Lipinski definition) is 4. The van der Waals surface area contributed by atoms with Gasteiger partial charge in [-0.05, 0) is 40.1 Å². The molecule has 2 aromatic heterocycles. The van der Waals surface area contributed by atoms with E-state index in [2.05, 4.69) is 9.97 Å². The molecule has 2 rings (SSSR count). The van der Waals surface area contributed by atoms with E-state index in [1.54, 1.807) is 12.3 Å². The third kappa shape index (κ3) is 2.44. The topological polar surface area (TPSA) is 68.9 Å². The molecular weight excluding hydrogens is 218 g/mol. The minimum Gasteiger partial charge on any atom is -0.358 e. The maximum Gasteiger partial charge on any atom is 0.363 e. The van der Waals surface area contributed by atoms with E-state index in [-0.39, 0.29) is 5.82 Å². The second-order valence-electron chi connectivity index (χ2n) is 3.55. The maximum absolute atomic E-state index is 10.5. The van der Waals surface area contributed by atoms with E-state index in [0.717, 1.165) is 23.2 Å². The molecule has 17 heavy (non-hydrogen) atoms. The van der Waals surface area contributed by atoms with Gasteiger partial charge in [-0.15, -0.1) is 0 Å². The Morgan fingerprint density at radius 2 is 2.06 bits per heavy atom. The van der Waals surface area contributed by atoms with Crippen LogP contribution in [0.3, 0.4) is 0 Å². The van der Waals surface area contributed by atoms with Crippen molar-refractivity contribution >= 4 is 5.82 Å². The fourth-order valence-electron chi connectivity index (χ4n) is 1.52. The highest BCUT2D eigenvalue weighted by molar-refractivity contribution is 5.62. The lowest BCUT2D eigenvalue weighted by Gasteiger charge is -2.01. The van der Waals surface area contributed by atoms with Gasteiger partial charge in [-0.2, -0.15) is 0 Å². The number of nitrogens with zero attached hydrogens (tertiary/aromatic N) is 3. The summed E-state index contributed by atoms with van der Waals surface area (Å²) in [7, 11) is 0. The first kappa shape index (κ1) is 11.2. The lowest BCUT2D eigenvalue weighted by Crippen LogP contribution is -1.92. The normalized spacial score (nSPS) is 10.2. The minimum absolute atomic E-state index is 0.140. The van der Waals surface area contributed by atoms with Crippen LogP contribution in [0, 0.1) is 10.1 Å². The standard InChI is InChI=1S/C12H11N3O2/c1-2-11-7-9(5-6-13-11)10-3-4-12(14-8-10)15(16)17/h3-8H,2H2,1H3. The minimum atomic E-state index is -0.506. The Morgan fingerprint density at radius 3 is 2.65 bits per heavy atom. The van der Waals surface area contributed by atoms with Crippen molar-refractivity contribution in [2.24, 2.45) is 0 Å². The molecule has 86 valence electrons. The number of aryl methyl sites for hydroxylation is 1. The fraction of sp³-hybridized carbons (Fsp3) is 0.167.